The number of phenols is 1. The van der Waals surface area contributed by atoms with Gasteiger partial charge in [-0.2, -0.15) is 0 Å². The van der Waals surface area contributed by atoms with Gasteiger partial charge >= 0.3 is 0 Å². The summed E-state index contributed by atoms with van der Waals surface area (Å²) in [5, 5.41) is 59.0. The molecule has 1 aliphatic heterocycles. The Hall–Kier alpha value is -2.86. The number of ketones is 2. The third kappa shape index (κ3) is 3.39. The number of ether oxygens (including phenoxy) is 2. The summed E-state index contributed by atoms with van der Waals surface area (Å²) in [7, 11) is 0. The van der Waals surface area contributed by atoms with Gasteiger partial charge in [-0.15, -0.1) is 0 Å². The van der Waals surface area contributed by atoms with Crippen LogP contribution in [-0.2, 0) is 11.3 Å². The van der Waals surface area contributed by atoms with E-state index in [0.717, 1.165) is 0 Å². The van der Waals surface area contributed by atoms with Gasteiger partial charge in [-0.25, -0.2) is 0 Å². The minimum atomic E-state index is -1.71. The maximum absolute atomic E-state index is 13.2. The van der Waals surface area contributed by atoms with E-state index in [4.69, 9.17) is 9.47 Å². The van der Waals surface area contributed by atoms with Gasteiger partial charge in [0.05, 0.1) is 24.3 Å². The van der Waals surface area contributed by atoms with Crippen LogP contribution < -0.4 is 4.74 Å². The van der Waals surface area contributed by atoms with Gasteiger partial charge in [-0.3, -0.25) is 9.59 Å². The quantitative estimate of drug-likeness (QED) is 0.295. The summed E-state index contributed by atoms with van der Waals surface area (Å²) in [5.41, 5.74) is -0.251. The molecule has 0 bridgehead atoms. The number of aliphatic hydroxyl groups is 5. The SMILES string of the molecule is O=C1c2cc(CO)cc(O)c2C(=O)c2c(O[C@H]3O[C@H](CO)[C@@H](O)[C@H](O)[C@H]3O)cccc21. The molecule has 2 aromatic rings. The number of aromatic hydroxyl groups is 1. The smallest absolute Gasteiger partial charge is 0.229 e. The number of fused-ring (bicyclic) bond motifs is 2. The summed E-state index contributed by atoms with van der Waals surface area (Å²) in [6.07, 6.45) is -7.76. The largest absolute Gasteiger partial charge is 0.507 e. The lowest BCUT2D eigenvalue weighted by Crippen LogP contribution is -2.60. The maximum atomic E-state index is 13.2. The Bertz CT molecular complexity index is 1050. The first-order valence-corrected chi connectivity index (χ1v) is 9.44. The van der Waals surface area contributed by atoms with Crippen LogP contribution in [0.1, 0.15) is 37.4 Å². The molecule has 0 unspecified atom stereocenters. The van der Waals surface area contributed by atoms with Gasteiger partial charge in [0.2, 0.25) is 12.1 Å². The topological polar surface area (TPSA) is 174 Å². The Kier molecular flexibility index (Phi) is 5.52. The first-order chi connectivity index (χ1) is 14.8. The van der Waals surface area contributed by atoms with Crippen LogP contribution in [0.5, 0.6) is 11.5 Å². The average Bonchev–Trinajstić information content (AvgIpc) is 2.77. The van der Waals surface area contributed by atoms with Crippen molar-refractivity contribution in [3.63, 3.8) is 0 Å². The van der Waals surface area contributed by atoms with Crippen LogP contribution in [0.3, 0.4) is 0 Å². The van der Waals surface area contributed by atoms with Gasteiger partial charge in [0, 0.05) is 11.1 Å². The maximum Gasteiger partial charge on any atom is 0.229 e. The molecule has 2 aromatic carbocycles. The molecule has 31 heavy (non-hydrogen) atoms. The first-order valence-electron chi connectivity index (χ1n) is 9.44. The van der Waals surface area contributed by atoms with Crippen LogP contribution in [0, 0.1) is 0 Å². The van der Waals surface area contributed by atoms with Gasteiger partial charge < -0.3 is 40.1 Å². The van der Waals surface area contributed by atoms with Gasteiger partial charge in [0.1, 0.15) is 35.9 Å². The highest BCUT2D eigenvalue weighted by molar-refractivity contribution is 6.30. The Morgan fingerprint density at radius 2 is 1.65 bits per heavy atom. The Morgan fingerprint density at radius 1 is 0.903 bits per heavy atom. The third-order valence-corrected chi connectivity index (χ3v) is 5.42. The van der Waals surface area contributed by atoms with Gasteiger partial charge in [0.15, 0.2) is 5.78 Å². The van der Waals surface area contributed by atoms with E-state index in [-0.39, 0.29) is 33.6 Å². The lowest BCUT2D eigenvalue weighted by Gasteiger charge is -2.39. The molecule has 2 aliphatic rings. The Morgan fingerprint density at radius 3 is 2.32 bits per heavy atom. The van der Waals surface area contributed by atoms with Crippen molar-refractivity contribution in [1.29, 1.82) is 0 Å². The highest BCUT2D eigenvalue weighted by Gasteiger charge is 2.45. The second kappa shape index (κ2) is 8.00. The van der Waals surface area contributed by atoms with Crippen LogP contribution in [0.2, 0.25) is 0 Å². The molecule has 6 N–H and O–H groups in total. The molecule has 0 aromatic heterocycles. The molecule has 1 aliphatic carbocycles. The second-order valence-electron chi connectivity index (χ2n) is 7.35. The van der Waals surface area contributed by atoms with Crippen molar-refractivity contribution in [3.05, 3.63) is 58.1 Å². The molecule has 1 saturated heterocycles. The van der Waals surface area contributed by atoms with E-state index in [0.29, 0.717) is 0 Å². The van der Waals surface area contributed by atoms with Gasteiger partial charge in [-0.1, -0.05) is 12.1 Å². The number of benzene rings is 2. The van der Waals surface area contributed by atoms with Crippen molar-refractivity contribution in [3.8, 4) is 11.5 Å². The Labute approximate surface area is 175 Å². The van der Waals surface area contributed by atoms with Crippen molar-refractivity contribution in [2.24, 2.45) is 0 Å². The van der Waals surface area contributed by atoms with Crippen LogP contribution in [0.15, 0.2) is 30.3 Å². The number of aliphatic hydroxyl groups excluding tert-OH is 5. The number of phenolic OH excluding ortho intramolecular Hbond substituents is 1. The minimum Gasteiger partial charge on any atom is -0.507 e. The first kappa shape index (κ1) is 21.4. The molecule has 164 valence electrons. The molecule has 0 radical (unpaired) electrons. The zero-order valence-corrected chi connectivity index (χ0v) is 16.0. The van der Waals surface area contributed by atoms with Crippen molar-refractivity contribution in [2.45, 2.75) is 37.3 Å². The molecular weight excluding hydrogens is 412 g/mol. The molecule has 4 rings (SSSR count). The molecule has 0 spiro atoms. The highest BCUT2D eigenvalue weighted by Crippen LogP contribution is 2.38. The minimum absolute atomic E-state index is 0.0194. The van der Waals surface area contributed by atoms with Crippen LogP contribution >= 0.6 is 0 Å². The van der Waals surface area contributed by atoms with E-state index in [1.54, 1.807) is 0 Å². The molecular formula is C21H20O10. The molecule has 0 saturated carbocycles. The lowest BCUT2D eigenvalue weighted by molar-refractivity contribution is -0.277. The summed E-state index contributed by atoms with van der Waals surface area (Å²) < 4.78 is 10.9. The molecule has 1 fully saturated rings. The summed E-state index contributed by atoms with van der Waals surface area (Å²) in [5.74, 6) is -1.93. The second-order valence-corrected chi connectivity index (χ2v) is 7.35. The summed E-state index contributed by atoms with van der Waals surface area (Å²) in [6.45, 7) is -1.10. The summed E-state index contributed by atoms with van der Waals surface area (Å²) in [6, 6.07) is 6.67. The zero-order valence-electron chi connectivity index (χ0n) is 16.0. The van der Waals surface area contributed by atoms with Crippen LogP contribution in [0.25, 0.3) is 0 Å². The predicted octanol–water partition coefficient (Wildman–Crippen LogP) is -1.16. The monoisotopic (exact) mass is 432 g/mol. The van der Waals surface area contributed by atoms with E-state index in [1.807, 2.05) is 0 Å². The fourth-order valence-corrected chi connectivity index (χ4v) is 3.81. The number of carbonyl (C=O) groups excluding carboxylic acids is 2. The summed E-state index contributed by atoms with van der Waals surface area (Å²) in [4.78, 5) is 26.2. The van der Waals surface area contributed by atoms with E-state index < -0.39 is 61.2 Å². The van der Waals surface area contributed by atoms with E-state index in [9.17, 15) is 40.2 Å². The Balaban J connectivity index is 1.75. The standard InChI is InChI=1S/C21H20O10/c22-6-8-4-10-14(11(24)5-8)18(27)15-9(16(10)25)2-1-3-12(15)30-21-20(29)19(28)17(26)13(7-23)31-21/h1-5,13,17,19-24,26,28-29H,6-7H2/t13-,17-,19+,20-,21+/m1/s1. The summed E-state index contributed by atoms with van der Waals surface area (Å²) >= 11 is 0. The number of hydrogen-bond acceptors (Lipinski definition) is 10. The lowest BCUT2D eigenvalue weighted by atomic mass is 9.82. The predicted molar refractivity (Wildman–Crippen MR) is 102 cm³/mol. The van der Waals surface area contributed by atoms with E-state index >= 15 is 0 Å². The third-order valence-electron chi connectivity index (χ3n) is 5.42. The van der Waals surface area contributed by atoms with E-state index in [2.05, 4.69) is 0 Å². The van der Waals surface area contributed by atoms with Crippen molar-refractivity contribution in [2.75, 3.05) is 6.61 Å². The van der Waals surface area contributed by atoms with Crippen LogP contribution in [-0.4, -0.2) is 79.5 Å². The fourth-order valence-electron chi connectivity index (χ4n) is 3.81. The molecule has 1 heterocycles. The zero-order chi connectivity index (χ0) is 22.4. The van der Waals surface area contributed by atoms with Crippen molar-refractivity contribution in [1.82, 2.24) is 0 Å². The highest BCUT2D eigenvalue weighted by atomic mass is 16.7. The fraction of sp³-hybridized carbons (Fsp3) is 0.333. The van der Waals surface area contributed by atoms with Crippen molar-refractivity contribution >= 4 is 11.6 Å². The number of hydrogen-bond donors (Lipinski definition) is 6. The number of rotatable bonds is 4. The molecule has 10 heteroatoms. The molecule has 0 amide bonds. The van der Waals surface area contributed by atoms with Gasteiger partial charge in [0.25, 0.3) is 0 Å². The number of carbonyl (C=O) groups is 2. The normalized spacial score (nSPS) is 27.6. The average molecular weight is 432 g/mol. The van der Waals surface area contributed by atoms with Crippen LogP contribution in [0.4, 0.5) is 0 Å². The molecule has 5 atom stereocenters. The van der Waals surface area contributed by atoms with E-state index in [1.165, 1.54) is 30.3 Å². The molecule has 10 nitrogen and oxygen atoms in total. The van der Waals surface area contributed by atoms with Crippen molar-refractivity contribution < 1.29 is 49.7 Å². The van der Waals surface area contributed by atoms with Gasteiger partial charge in [-0.05, 0) is 23.8 Å².